The average Bonchev–Trinajstić information content (AvgIpc) is 2.89. The molecule has 0 saturated carbocycles. The molecule has 26 heavy (non-hydrogen) atoms. The summed E-state index contributed by atoms with van der Waals surface area (Å²) in [6.07, 6.45) is 9.00. The number of hydrogen-bond acceptors (Lipinski definition) is 4. The number of halogens is 2. The van der Waals surface area contributed by atoms with Crippen LogP contribution in [0.15, 0.2) is 23.0 Å². The number of terminal acetylenes is 1. The van der Waals surface area contributed by atoms with E-state index in [0.717, 1.165) is 42.7 Å². The molecule has 0 bridgehead atoms. The molecule has 0 radical (unpaired) electrons. The number of fused-ring (bicyclic) bond motifs is 2. The maximum Gasteiger partial charge on any atom is 0.261 e. The molecule has 2 heterocycles. The molecule has 1 aromatic heterocycles. The molecule has 1 atom stereocenters. The van der Waals surface area contributed by atoms with E-state index in [1.165, 1.54) is 24.3 Å². The Morgan fingerprint density at radius 3 is 2.77 bits per heavy atom. The van der Waals surface area contributed by atoms with E-state index in [2.05, 4.69) is 44.6 Å². The molecule has 0 spiro atoms. The van der Waals surface area contributed by atoms with Gasteiger partial charge in [-0.2, -0.15) is 0 Å². The number of rotatable bonds is 1. The quantitative estimate of drug-likeness (QED) is 0.303. The molecule has 3 rings (SSSR count). The van der Waals surface area contributed by atoms with Gasteiger partial charge < -0.3 is 0 Å². The van der Waals surface area contributed by atoms with Crippen molar-refractivity contribution < 1.29 is 0 Å². The van der Waals surface area contributed by atoms with Crippen LogP contribution in [0.1, 0.15) is 37.6 Å². The van der Waals surface area contributed by atoms with Gasteiger partial charge >= 0.3 is 0 Å². The molecule has 0 aliphatic carbocycles. The monoisotopic (exact) mass is 608 g/mol. The van der Waals surface area contributed by atoms with E-state index >= 15 is 0 Å². The normalized spacial score (nSPS) is 15.5. The SMILES string of the molecule is C#CSI.CCC1CCc2nc3cc(C#CSI)ccc3c(=O)n2CC1. The molecule has 1 aromatic carbocycles. The molecule has 0 fully saturated rings. The lowest BCUT2D eigenvalue weighted by atomic mass is 9.98. The van der Waals surface area contributed by atoms with Crippen molar-refractivity contribution in [3.63, 3.8) is 0 Å². The predicted octanol–water partition coefficient (Wildman–Crippen LogP) is 5.81. The predicted molar refractivity (Wildman–Crippen MR) is 132 cm³/mol. The van der Waals surface area contributed by atoms with Crippen LogP contribution in [0.5, 0.6) is 0 Å². The number of benzene rings is 1. The lowest BCUT2D eigenvalue weighted by molar-refractivity contribution is 0.432. The summed E-state index contributed by atoms with van der Waals surface area (Å²) in [5.41, 5.74) is 1.78. The first kappa shape index (κ1) is 21.9. The van der Waals surface area contributed by atoms with Crippen molar-refractivity contribution >= 4 is 71.2 Å². The fourth-order valence-electron chi connectivity index (χ4n) is 3.04. The van der Waals surface area contributed by atoms with Crippen LogP contribution in [0.4, 0.5) is 0 Å². The summed E-state index contributed by atoms with van der Waals surface area (Å²) in [6.45, 7) is 3.02. The van der Waals surface area contributed by atoms with Gasteiger partial charge in [-0.3, -0.25) is 9.36 Å². The number of hydrogen-bond donors (Lipinski definition) is 0. The van der Waals surface area contributed by atoms with Crippen LogP contribution in [0.2, 0.25) is 0 Å². The third-order valence-electron chi connectivity index (χ3n) is 4.43. The van der Waals surface area contributed by atoms with Crippen LogP contribution in [0.3, 0.4) is 0 Å². The standard InChI is InChI=1S/C17H17IN2OS.C2HIS/c1-2-12-4-6-16-19-15-11-13(8-10-22-18)3-5-14(15)17(21)20(16)9-7-12;1-2-4-3/h3,5,11-12H,2,4,6-7,9H2,1H3;1H. The van der Waals surface area contributed by atoms with Crippen LogP contribution in [0, 0.1) is 28.8 Å². The van der Waals surface area contributed by atoms with Crippen LogP contribution in [-0.4, -0.2) is 9.55 Å². The molecule has 0 amide bonds. The van der Waals surface area contributed by atoms with Gasteiger partial charge in [0.05, 0.1) is 10.9 Å². The summed E-state index contributed by atoms with van der Waals surface area (Å²) in [6, 6.07) is 5.70. The van der Waals surface area contributed by atoms with Gasteiger partial charge in [0.2, 0.25) is 0 Å². The van der Waals surface area contributed by atoms with Crippen LogP contribution >= 0.6 is 60.3 Å². The van der Waals surface area contributed by atoms with Gasteiger partial charge in [0.1, 0.15) is 5.82 Å². The lowest BCUT2D eigenvalue weighted by Gasteiger charge is -2.10. The third kappa shape index (κ3) is 5.82. The largest absolute Gasteiger partial charge is 0.296 e. The Labute approximate surface area is 187 Å². The first-order valence-electron chi connectivity index (χ1n) is 8.19. The number of nitrogens with zero attached hydrogens (tertiary/aromatic N) is 2. The Kier molecular flexibility index (Phi) is 9.68. The van der Waals surface area contributed by atoms with Crippen molar-refractivity contribution in [3.05, 3.63) is 39.9 Å². The molecule has 7 heteroatoms. The molecule has 2 aromatic rings. The highest BCUT2D eigenvalue weighted by Crippen LogP contribution is 2.22. The van der Waals surface area contributed by atoms with Crippen molar-refractivity contribution in [2.75, 3.05) is 0 Å². The second-order valence-corrected chi connectivity index (χ2v) is 9.21. The zero-order chi connectivity index (χ0) is 18.9. The smallest absolute Gasteiger partial charge is 0.261 e. The summed E-state index contributed by atoms with van der Waals surface area (Å²) in [7, 11) is 2.81. The Balaban J connectivity index is 0.000000552. The summed E-state index contributed by atoms with van der Waals surface area (Å²) >= 11 is 4.18. The molecule has 136 valence electrons. The van der Waals surface area contributed by atoms with Gasteiger partial charge in [0, 0.05) is 60.9 Å². The second-order valence-electron chi connectivity index (χ2n) is 5.82. The topological polar surface area (TPSA) is 34.9 Å². The lowest BCUT2D eigenvalue weighted by Crippen LogP contribution is -2.24. The molecule has 1 unspecified atom stereocenters. The van der Waals surface area contributed by atoms with E-state index < -0.39 is 0 Å². The number of aryl methyl sites for hydroxylation is 1. The highest BCUT2D eigenvalue weighted by Gasteiger charge is 2.18. The van der Waals surface area contributed by atoms with Crippen LogP contribution < -0.4 is 5.56 Å². The van der Waals surface area contributed by atoms with E-state index in [-0.39, 0.29) is 5.56 Å². The Morgan fingerprint density at radius 2 is 2.12 bits per heavy atom. The molecule has 3 nitrogen and oxygen atoms in total. The van der Waals surface area contributed by atoms with Crippen molar-refractivity contribution in [1.82, 2.24) is 9.55 Å². The van der Waals surface area contributed by atoms with Gasteiger partial charge in [-0.1, -0.05) is 19.3 Å². The van der Waals surface area contributed by atoms with E-state index in [0.29, 0.717) is 11.3 Å². The molecular weight excluding hydrogens is 590 g/mol. The van der Waals surface area contributed by atoms with Gasteiger partial charge in [-0.05, 0) is 65.3 Å². The Hall–Kier alpha value is -0.360. The van der Waals surface area contributed by atoms with Crippen LogP contribution in [-0.2, 0) is 13.0 Å². The van der Waals surface area contributed by atoms with Crippen molar-refractivity contribution in [1.29, 1.82) is 0 Å². The summed E-state index contributed by atoms with van der Waals surface area (Å²) in [5, 5.41) is 6.01. The highest BCUT2D eigenvalue weighted by molar-refractivity contribution is 14.2. The van der Waals surface area contributed by atoms with Gasteiger partial charge in [0.25, 0.3) is 5.56 Å². The van der Waals surface area contributed by atoms with E-state index in [9.17, 15) is 4.79 Å². The molecule has 0 saturated heterocycles. The minimum absolute atomic E-state index is 0.0968. The van der Waals surface area contributed by atoms with Gasteiger partial charge in [-0.15, -0.1) is 6.42 Å². The minimum atomic E-state index is 0.0968. The van der Waals surface area contributed by atoms with E-state index in [1.54, 1.807) is 0 Å². The number of aromatic nitrogens is 2. The summed E-state index contributed by atoms with van der Waals surface area (Å²) in [5.74, 6) is 4.70. The zero-order valence-electron chi connectivity index (χ0n) is 14.3. The fraction of sp³-hybridized carbons (Fsp3) is 0.368. The van der Waals surface area contributed by atoms with E-state index in [4.69, 9.17) is 11.4 Å². The highest BCUT2D eigenvalue weighted by atomic mass is 127. The zero-order valence-corrected chi connectivity index (χ0v) is 20.2. The first-order valence-corrected chi connectivity index (χ1v) is 14.9. The average molecular weight is 608 g/mol. The van der Waals surface area contributed by atoms with E-state index in [1.807, 2.05) is 44.0 Å². The van der Waals surface area contributed by atoms with Crippen molar-refractivity contribution in [2.45, 2.75) is 39.2 Å². The van der Waals surface area contributed by atoms with Gasteiger partial charge in [-0.25, -0.2) is 4.98 Å². The van der Waals surface area contributed by atoms with Crippen molar-refractivity contribution in [3.8, 4) is 22.8 Å². The second kappa shape index (κ2) is 11.5. The molecule has 1 aliphatic rings. The Bertz CT molecular complexity index is 925. The van der Waals surface area contributed by atoms with Crippen molar-refractivity contribution in [2.24, 2.45) is 5.92 Å². The summed E-state index contributed by atoms with van der Waals surface area (Å²) < 4.78 is 1.88. The maximum absolute atomic E-state index is 12.7. The minimum Gasteiger partial charge on any atom is -0.296 e. The Morgan fingerprint density at radius 1 is 1.35 bits per heavy atom. The van der Waals surface area contributed by atoms with Gasteiger partial charge in [0.15, 0.2) is 0 Å². The first-order chi connectivity index (χ1) is 12.6. The maximum atomic E-state index is 12.7. The molecular formula is C19H18I2N2OS2. The third-order valence-corrected chi connectivity index (χ3v) is 6.12. The molecule has 0 N–H and O–H groups in total. The fourth-order valence-corrected chi connectivity index (χ4v) is 3.53. The summed E-state index contributed by atoms with van der Waals surface area (Å²) in [4.78, 5) is 17.5. The molecule has 1 aliphatic heterocycles. The van der Waals surface area contributed by atoms with Crippen LogP contribution in [0.25, 0.3) is 10.9 Å².